The molecule has 0 aromatic carbocycles. The Kier molecular flexibility index (Phi) is 4.55. The van der Waals surface area contributed by atoms with Gasteiger partial charge in [0.25, 0.3) is 0 Å². The minimum Gasteiger partial charge on any atom is -0.394 e. The highest BCUT2D eigenvalue weighted by Crippen LogP contribution is 2.49. The van der Waals surface area contributed by atoms with Crippen molar-refractivity contribution in [1.82, 2.24) is 20.0 Å². The van der Waals surface area contributed by atoms with Crippen LogP contribution in [0, 0.1) is 24.7 Å². The van der Waals surface area contributed by atoms with Crippen LogP contribution in [0.2, 0.25) is 0 Å². The van der Waals surface area contributed by atoms with E-state index in [1.807, 2.05) is 17.9 Å². The summed E-state index contributed by atoms with van der Waals surface area (Å²) in [5.74, 6) is 1.64. The molecule has 5 nitrogen and oxygen atoms in total. The summed E-state index contributed by atoms with van der Waals surface area (Å²) in [7, 11) is 2.01. The second-order valence-corrected chi connectivity index (χ2v) is 7.97. The average Bonchev–Trinajstić information content (AvgIpc) is 3.15. The van der Waals surface area contributed by atoms with Crippen molar-refractivity contribution >= 4 is 0 Å². The number of nitrogens with one attached hydrogen (secondary N) is 1. The summed E-state index contributed by atoms with van der Waals surface area (Å²) < 4.78 is 1.96. The largest absolute Gasteiger partial charge is 0.394 e. The fourth-order valence-electron chi connectivity index (χ4n) is 4.91. The van der Waals surface area contributed by atoms with Gasteiger partial charge in [0.15, 0.2) is 0 Å². The summed E-state index contributed by atoms with van der Waals surface area (Å²) in [4.78, 5) is 2.54. The van der Waals surface area contributed by atoms with Crippen LogP contribution in [0.5, 0.6) is 0 Å². The van der Waals surface area contributed by atoms with Gasteiger partial charge >= 0.3 is 0 Å². The minimum absolute atomic E-state index is 0.157. The number of nitrogens with zero attached hydrogens (tertiary/aromatic N) is 3. The van der Waals surface area contributed by atoms with E-state index in [-0.39, 0.29) is 12.1 Å². The zero-order valence-corrected chi connectivity index (χ0v) is 15.2. The summed E-state index contributed by atoms with van der Waals surface area (Å²) in [5.41, 5.74) is 2.38. The molecule has 5 heteroatoms. The van der Waals surface area contributed by atoms with Gasteiger partial charge in [-0.15, -0.1) is 0 Å². The Labute approximate surface area is 140 Å². The Morgan fingerprint density at radius 3 is 2.70 bits per heavy atom. The van der Waals surface area contributed by atoms with Crippen LogP contribution >= 0.6 is 0 Å². The quantitative estimate of drug-likeness (QED) is 0.867. The molecule has 130 valence electrons. The Balaban J connectivity index is 1.97. The van der Waals surface area contributed by atoms with Gasteiger partial charge in [0.2, 0.25) is 0 Å². The fraction of sp³-hybridized carbons (Fsp3) is 0.833. The molecule has 2 N–H and O–H groups in total. The molecule has 0 saturated carbocycles. The van der Waals surface area contributed by atoms with Gasteiger partial charge in [-0.05, 0) is 37.6 Å². The van der Waals surface area contributed by atoms with Crippen LogP contribution in [0.25, 0.3) is 0 Å². The predicted octanol–water partition coefficient (Wildman–Crippen LogP) is 1.72. The smallest absolute Gasteiger partial charge is 0.0616 e. The van der Waals surface area contributed by atoms with E-state index in [4.69, 9.17) is 0 Å². The lowest BCUT2D eigenvalue weighted by Crippen LogP contribution is -2.51. The summed E-state index contributed by atoms with van der Waals surface area (Å²) >= 11 is 0. The first-order valence-corrected chi connectivity index (χ1v) is 9.01. The van der Waals surface area contributed by atoms with Gasteiger partial charge in [-0.1, -0.05) is 20.8 Å². The number of rotatable bonds is 5. The lowest BCUT2D eigenvalue weighted by atomic mass is 9.76. The number of hydrogen-bond donors (Lipinski definition) is 2. The molecule has 0 amide bonds. The standard InChI is InChI=1S/C18H32N4O/c1-6-22-9-15-16(10-22)18(11-23,7-12(2)3)20-17(15)14-8-19-21(5)13(14)4/h8,12,15-17,20,23H,6-7,9-11H2,1-5H3/t15-,16+,17-,18+/m1/s1. The number of likely N-dealkylation sites (tertiary alicyclic amines) is 1. The van der Waals surface area contributed by atoms with Gasteiger partial charge in [-0.2, -0.15) is 5.10 Å². The maximum absolute atomic E-state index is 10.3. The molecule has 23 heavy (non-hydrogen) atoms. The van der Waals surface area contributed by atoms with Gasteiger partial charge in [0, 0.05) is 43.0 Å². The monoisotopic (exact) mass is 320 g/mol. The normalized spacial score (nSPS) is 34.5. The molecule has 0 unspecified atom stereocenters. The van der Waals surface area contributed by atoms with Crippen molar-refractivity contribution in [3.8, 4) is 0 Å². The van der Waals surface area contributed by atoms with Crippen LogP contribution in [-0.4, -0.2) is 51.6 Å². The number of aromatic nitrogens is 2. The molecule has 2 aliphatic rings. The summed E-state index contributed by atoms with van der Waals surface area (Å²) in [6.45, 7) is 12.4. The topological polar surface area (TPSA) is 53.3 Å². The molecule has 0 aliphatic carbocycles. The van der Waals surface area contributed by atoms with E-state index in [9.17, 15) is 5.11 Å². The minimum atomic E-state index is -0.157. The van der Waals surface area contributed by atoms with E-state index in [0.717, 1.165) is 26.1 Å². The van der Waals surface area contributed by atoms with E-state index in [1.165, 1.54) is 11.3 Å². The van der Waals surface area contributed by atoms with Crippen molar-refractivity contribution in [2.24, 2.45) is 24.8 Å². The number of aryl methyl sites for hydroxylation is 1. The van der Waals surface area contributed by atoms with E-state index in [0.29, 0.717) is 23.8 Å². The van der Waals surface area contributed by atoms with E-state index < -0.39 is 0 Å². The number of hydrogen-bond acceptors (Lipinski definition) is 4. The molecule has 2 aliphatic heterocycles. The maximum atomic E-state index is 10.3. The van der Waals surface area contributed by atoms with Crippen LogP contribution in [0.4, 0.5) is 0 Å². The first-order valence-electron chi connectivity index (χ1n) is 9.01. The summed E-state index contributed by atoms with van der Waals surface area (Å²) in [6, 6.07) is 0.302. The molecule has 2 saturated heterocycles. The molecule has 3 heterocycles. The molecule has 0 spiro atoms. The molecular weight excluding hydrogens is 288 g/mol. The van der Waals surface area contributed by atoms with Crippen LogP contribution in [0.15, 0.2) is 6.20 Å². The van der Waals surface area contributed by atoms with Crippen molar-refractivity contribution in [2.75, 3.05) is 26.2 Å². The van der Waals surface area contributed by atoms with E-state index in [1.54, 1.807) is 0 Å². The molecule has 3 rings (SSSR count). The fourth-order valence-corrected chi connectivity index (χ4v) is 4.91. The lowest BCUT2D eigenvalue weighted by Gasteiger charge is -2.36. The van der Waals surface area contributed by atoms with Crippen LogP contribution < -0.4 is 5.32 Å². The zero-order valence-electron chi connectivity index (χ0n) is 15.2. The highest BCUT2D eigenvalue weighted by Gasteiger charge is 2.56. The van der Waals surface area contributed by atoms with Gasteiger partial charge in [-0.25, -0.2) is 0 Å². The number of aliphatic hydroxyl groups excluding tert-OH is 1. The van der Waals surface area contributed by atoms with Gasteiger partial charge in [0.05, 0.1) is 12.8 Å². The Bertz CT molecular complexity index is 555. The molecule has 1 aromatic heterocycles. The first kappa shape index (κ1) is 16.9. The third-order valence-electron chi connectivity index (χ3n) is 6.13. The predicted molar refractivity (Wildman–Crippen MR) is 92.2 cm³/mol. The lowest BCUT2D eigenvalue weighted by molar-refractivity contribution is 0.107. The van der Waals surface area contributed by atoms with Crippen LogP contribution in [0.3, 0.4) is 0 Å². The zero-order chi connectivity index (χ0) is 16.8. The Morgan fingerprint density at radius 1 is 1.43 bits per heavy atom. The number of fused-ring (bicyclic) bond motifs is 1. The Morgan fingerprint density at radius 2 is 2.17 bits per heavy atom. The van der Waals surface area contributed by atoms with Crippen molar-refractivity contribution in [3.63, 3.8) is 0 Å². The third kappa shape index (κ3) is 2.73. The van der Waals surface area contributed by atoms with Crippen LogP contribution in [-0.2, 0) is 7.05 Å². The first-order chi connectivity index (χ1) is 10.9. The van der Waals surface area contributed by atoms with Crippen molar-refractivity contribution in [2.45, 2.75) is 45.7 Å². The molecule has 0 bridgehead atoms. The molecule has 0 radical (unpaired) electrons. The van der Waals surface area contributed by atoms with Crippen molar-refractivity contribution in [3.05, 3.63) is 17.5 Å². The van der Waals surface area contributed by atoms with Gasteiger partial charge < -0.3 is 15.3 Å². The van der Waals surface area contributed by atoms with Crippen LogP contribution in [0.1, 0.15) is 44.5 Å². The van der Waals surface area contributed by atoms with Crippen molar-refractivity contribution in [1.29, 1.82) is 0 Å². The van der Waals surface area contributed by atoms with Gasteiger partial charge in [-0.3, -0.25) is 4.68 Å². The maximum Gasteiger partial charge on any atom is 0.0616 e. The third-order valence-corrected chi connectivity index (χ3v) is 6.13. The molecule has 1 aromatic rings. The second kappa shape index (κ2) is 6.19. The summed E-state index contributed by atoms with van der Waals surface area (Å²) in [5, 5.41) is 18.6. The highest BCUT2D eigenvalue weighted by molar-refractivity contribution is 5.27. The van der Waals surface area contributed by atoms with Gasteiger partial charge in [0.1, 0.15) is 0 Å². The van der Waals surface area contributed by atoms with E-state index >= 15 is 0 Å². The second-order valence-electron chi connectivity index (χ2n) is 7.97. The molecular formula is C18H32N4O. The number of aliphatic hydroxyl groups is 1. The average molecular weight is 320 g/mol. The Hall–Kier alpha value is -0.910. The SMILES string of the molecule is CCN1C[C@H]2[C@@H](c3cnn(C)c3C)N[C@](CO)(CC(C)C)[C@H]2C1. The van der Waals surface area contributed by atoms with Crippen molar-refractivity contribution < 1.29 is 5.11 Å². The molecule has 2 fully saturated rings. The summed E-state index contributed by atoms with van der Waals surface area (Å²) in [6.07, 6.45) is 3.04. The van der Waals surface area contributed by atoms with E-state index in [2.05, 4.69) is 43.0 Å². The molecule has 4 atom stereocenters. The highest BCUT2D eigenvalue weighted by atomic mass is 16.3.